The van der Waals surface area contributed by atoms with E-state index in [-0.39, 0.29) is 36.0 Å². The number of quaternary nitrogens is 1. The lowest BCUT2D eigenvalue weighted by Gasteiger charge is -2.22. The Labute approximate surface area is 182 Å². The third-order valence-electron chi connectivity index (χ3n) is 5.23. The average molecular weight is 432 g/mol. The van der Waals surface area contributed by atoms with E-state index in [2.05, 4.69) is 10.3 Å². The van der Waals surface area contributed by atoms with E-state index in [9.17, 15) is 14.4 Å². The first-order valence-electron chi connectivity index (χ1n) is 9.89. The molecule has 0 saturated carbocycles. The predicted octanol–water partition coefficient (Wildman–Crippen LogP) is 1.94. The zero-order chi connectivity index (χ0) is 22.1. The van der Waals surface area contributed by atoms with Gasteiger partial charge in [-0.3, -0.25) is 10.3 Å². The summed E-state index contributed by atoms with van der Waals surface area (Å²) in [7, 11) is 0. The highest BCUT2D eigenvalue weighted by Crippen LogP contribution is 2.32. The molecule has 3 amide bonds. The highest BCUT2D eigenvalue weighted by atomic mass is 16.7. The molecule has 32 heavy (non-hydrogen) atoms. The van der Waals surface area contributed by atoms with Gasteiger partial charge in [-0.05, 0) is 54.1 Å². The number of pyridine rings is 1. The van der Waals surface area contributed by atoms with E-state index in [1.807, 2.05) is 0 Å². The number of hydrogen-bond acceptors (Lipinski definition) is 7. The van der Waals surface area contributed by atoms with Crippen LogP contribution in [0.4, 0.5) is 10.5 Å². The average Bonchev–Trinajstić information content (AvgIpc) is 3.29. The molecule has 0 spiro atoms. The van der Waals surface area contributed by atoms with Crippen molar-refractivity contribution in [1.82, 2.24) is 4.98 Å². The maximum Gasteiger partial charge on any atom is 0.427 e. The normalized spacial score (nSPS) is 16.3. The Hall–Kier alpha value is -4.24. The number of ether oxygens (including phenoxy) is 3. The number of nitrogens with one attached hydrogen (secondary N) is 2. The van der Waals surface area contributed by atoms with Crippen molar-refractivity contribution >= 4 is 23.6 Å². The van der Waals surface area contributed by atoms with Crippen molar-refractivity contribution in [1.29, 1.82) is 0 Å². The standard InChI is InChI=1S/C23H17N3O6/c27-21-17-10-16(22(28)30-12-14-5-7-24-8-6-14)2-3-18(17)25-23(29)26(21)11-15-1-4-19-20(9-15)32-13-31-19/h1-10H,11-13H2,(H,25,29)/p+1. The van der Waals surface area contributed by atoms with E-state index < -0.39 is 17.9 Å². The summed E-state index contributed by atoms with van der Waals surface area (Å²) in [6.45, 7) is 0.351. The van der Waals surface area contributed by atoms with Gasteiger partial charge in [-0.2, -0.15) is 4.90 Å². The number of amides is 3. The Morgan fingerprint density at radius 1 is 1.00 bits per heavy atom. The van der Waals surface area contributed by atoms with Crippen molar-refractivity contribution in [3.63, 3.8) is 0 Å². The summed E-state index contributed by atoms with van der Waals surface area (Å²) in [4.78, 5) is 42.2. The van der Waals surface area contributed by atoms with Crippen LogP contribution in [0.1, 0.15) is 31.8 Å². The van der Waals surface area contributed by atoms with Gasteiger partial charge in [-0.25, -0.2) is 14.4 Å². The number of nitrogens with zero attached hydrogens (tertiary/aromatic N) is 1. The lowest BCUT2D eigenvalue weighted by molar-refractivity contribution is -0.738. The Morgan fingerprint density at radius 3 is 2.66 bits per heavy atom. The lowest BCUT2D eigenvalue weighted by atomic mass is 10.0. The zero-order valence-corrected chi connectivity index (χ0v) is 16.8. The molecular formula is C23H18N3O6+. The van der Waals surface area contributed by atoms with E-state index in [1.54, 1.807) is 42.7 Å². The van der Waals surface area contributed by atoms with Crippen LogP contribution < -0.4 is 19.7 Å². The third-order valence-corrected chi connectivity index (χ3v) is 5.23. The fourth-order valence-electron chi connectivity index (χ4n) is 3.56. The number of urea groups is 1. The van der Waals surface area contributed by atoms with Crippen LogP contribution in [0.2, 0.25) is 0 Å². The van der Waals surface area contributed by atoms with Gasteiger partial charge in [0.05, 0.1) is 11.3 Å². The van der Waals surface area contributed by atoms with Crippen molar-refractivity contribution in [2.45, 2.75) is 13.2 Å². The molecule has 0 saturated heterocycles. The molecule has 0 radical (unpaired) electrons. The molecular weight excluding hydrogens is 414 g/mol. The molecule has 2 N–H and O–H groups in total. The van der Waals surface area contributed by atoms with Gasteiger partial charge < -0.3 is 14.2 Å². The molecule has 1 atom stereocenters. The number of anilines is 1. The van der Waals surface area contributed by atoms with Gasteiger partial charge in [0.25, 0.3) is 0 Å². The smallest absolute Gasteiger partial charge is 0.427 e. The SMILES string of the molecule is O=C(OCc1ccncc1)c1ccc2c(c1)C(=O)[NH+](Cc1ccc3c(c1)OCO3)C(=O)N2. The molecule has 2 aliphatic heterocycles. The quantitative estimate of drug-likeness (QED) is 0.593. The number of esters is 1. The number of carbonyl (C=O) groups is 3. The molecule has 2 aliphatic rings. The minimum Gasteiger partial charge on any atom is -0.457 e. The highest BCUT2D eigenvalue weighted by molar-refractivity contribution is 6.08. The van der Waals surface area contributed by atoms with Crippen LogP contribution >= 0.6 is 0 Å². The van der Waals surface area contributed by atoms with Gasteiger partial charge in [0.1, 0.15) is 18.7 Å². The number of hydrogen-bond donors (Lipinski definition) is 2. The van der Waals surface area contributed by atoms with Crippen LogP contribution in [-0.4, -0.2) is 29.7 Å². The Balaban J connectivity index is 1.34. The molecule has 1 aromatic heterocycles. The van der Waals surface area contributed by atoms with Crippen molar-refractivity contribution in [2.75, 3.05) is 12.1 Å². The third kappa shape index (κ3) is 3.77. The topological polar surface area (TPSA) is 108 Å². The molecule has 2 aromatic carbocycles. The first kappa shape index (κ1) is 19.7. The summed E-state index contributed by atoms with van der Waals surface area (Å²) in [5.74, 6) is 0.210. The molecule has 5 rings (SSSR count). The molecule has 160 valence electrons. The monoisotopic (exact) mass is 432 g/mol. The van der Waals surface area contributed by atoms with Crippen LogP contribution in [0.5, 0.6) is 11.5 Å². The number of benzene rings is 2. The number of imide groups is 1. The number of rotatable bonds is 5. The minimum atomic E-state index is -0.563. The Morgan fingerprint density at radius 2 is 1.81 bits per heavy atom. The second-order valence-electron chi connectivity index (χ2n) is 7.32. The molecule has 0 fully saturated rings. The van der Waals surface area contributed by atoms with Crippen LogP contribution in [-0.2, 0) is 17.9 Å². The Kier molecular flexibility index (Phi) is 5.00. The molecule has 9 nitrogen and oxygen atoms in total. The highest BCUT2D eigenvalue weighted by Gasteiger charge is 2.37. The molecule has 9 heteroatoms. The van der Waals surface area contributed by atoms with E-state index in [1.165, 1.54) is 18.2 Å². The molecule has 3 heterocycles. The maximum absolute atomic E-state index is 13.1. The molecule has 1 unspecified atom stereocenters. The van der Waals surface area contributed by atoms with Gasteiger partial charge in [0.2, 0.25) is 6.79 Å². The lowest BCUT2D eigenvalue weighted by Crippen LogP contribution is -3.17. The van der Waals surface area contributed by atoms with Crippen LogP contribution in [0.15, 0.2) is 60.9 Å². The fraction of sp³-hybridized carbons (Fsp3) is 0.130. The summed E-state index contributed by atoms with van der Waals surface area (Å²) in [6.07, 6.45) is 3.22. The van der Waals surface area contributed by atoms with Gasteiger partial charge in [-0.15, -0.1) is 0 Å². The van der Waals surface area contributed by atoms with Crippen molar-refractivity contribution in [3.05, 3.63) is 83.2 Å². The predicted molar refractivity (Wildman–Crippen MR) is 110 cm³/mol. The number of fused-ring (bicyclic) bond motifs is 2. The fourth-order valence-corrected chi connectivity index (χ4v) is 3.56. The first-order chi connectivity index (χ1) is 15.6. The second kappa shape index (κ2) is 8.12. The largest absolute Gasteiger partial charge is 0.457 e. The minimum absolute atomic E-state index is 0.0821. The van der Waals surface area contributed by atoms with Crippen molar-refractivity contribution in [3.8, 4) is 11.5 Å². The second-order valence-corrected chi connectivity index (χ2v) is 7.32. The van der Waals surface area contributed by atoms with E-state index >= 15 is 0 Å². The van der Waals surface area contributed by atoms with Gasteiger partial charge >= 0.3 is 17.9 Å². The summed E-state index contributed by atoms with van der Waals surface area (Å²) in [5, 5.41) is 2.73. The summed E-state index contributed by atoms with van der Waals surface area (Å²) in [6, 6.07) is 12.8. The van der Waals surface area contributed by atoms with Crippen LogP contribution in [0, 0.1) is 0 Å². The van der Waals surface area contributed by atoms with Gasteiger partial charge in [-0.1, -0.05) is 0 Å². The molecule has 3 aromatic rings. The van der Waals surface area contributed by atoms with Crippen LogP contribution in [0.3, 0.4) is 0 Å². The number of aromatic nitrogens is 1. The van der Waals surface area contributed by atoms with Gasteiger partial charge in [0, 0.05) is 18.0 Å². The van der Waals surface area contributed by atoms with Crippen molar-refractivity contribution < 1.29 is 33.5 Å². The number of carbonyl (C=O) groups excluding carboxylic acids is 3. The van der Waals surface area contributed by atoms with Crippen molar-refractivity contribution in [2.24, 2.45) is 0 Å². The molecule has 0 aliphatic carbocycles. The van der Waals surface area contributed by atoms with E-state index in [4.69, 9.17) is 14.2 Å². The van der Waals surface area contributed by atoms with Gasteiger partial charge in [0.15, 0.2) is 11.5 Å². The zero-order valence-electron chi connectivity index (χ0n) is 16.8. The maximum atomic E-state index is 13.1. The van der Waals surface area contributed by atoms with Crippen LogP contribution in [0.25, 0.3) is 0 Å². The summed E-state index contributed by atoms with van der Waals surface area (Å²) in [5.41, 5.74) is 2.38. The summed E-state index contributed by atoms with van der Waals surface area (Å²) >= 11 is 0. The van der Waals surface area contributed by atoms with E-state index in [0.717, 1.165) is 11.1 Å². The first-order valence-corrected chi connectivity index (χ1v) is 9.89. The molecule has 0 bridgehead atoms. The Bertz CT molecular complexity index is 1230. The summed E-state index contributed by atoms with van der Waals surface area (Å²) < 4.78 is 16.0. The van der Waals surface area contributed by atoms with E-state index in [0.29, 0.717) is 17.2 Å².